The fourth-order valence-corrected chi connectivity index (χ4v) is 2.27. The zero-order valence-electron chi connectivity index (χ0n) is 7.79. The minimum Gasteiger partial charge on any atom is -0.305 e. The van der Waals surface area contributed by atoms with Crippen LogP contribution in [-0.4, -0.2) is 16.3 Å². The highest BCUT2D eigenvalue weighted by Crippen LogP contribution is 2.22. The van der Waals surface area contributed by atoms with Crippen LogP contribution in [0.4, 0.5) is 4.39 Å². The van der Waals surface area contributed by atoms with Gasteiger partial charge in [0.2, 0.25) is 5.91 Å². The Labute approximate surface area is 90.6 Å². The number of rotatable bonds is 2. The molecule has 5 heteroatoms. The Bertz CT molecular complexity index is 404. The molecule has 2 N–H and O–H groups in total. The molecule has 2 rings (SSSR count). The number of halogens is 1. The lowest BCUT2D eigenvalue weighted by molar-refractivity contribution is -0.118. The van der Waals surface area contributed by atoms with E-state index in [9.17, 15) is 9.18 Å². The summed E-state index contributed by atoms with van der Waals surface area (Å²) in [6.45, 7) is 0. The molecule has 0 saturated carbocycles. The summed E-state index contributed by atoms with van der Waals surface area (Å²) in [5.41, 5.74) is 0.902. The van der Waals surface area contributed by atoms with E-state index >= 15 is 0 Å². The fraction of sp³-hybridized carbons (Fsp3) is 0.200. The van der Waals surface area contributed by atoms with Crippen LogP contribution in [0.1, 0.15) is 5.56 Å². The first-order chi connectivity index (χ1) is 7.15. The highest BCUT2D eigenvalue weighted by atomic mass is 32.2. The lowest BCUT2D eigenvalue weighted by Gasteiger charge is -2.04. The summed E-state index contributed by atoms with van der Waals surface area (Å²) in [5, 5.41) is 9.64. The van der Waals surface area contributed by atoms with Gasteiger partial charge in [0.1, 0.15) is 5.82 Å². The summed E-state index contributed by atoms with van der Waals surface area (Å²) >= 11 is 1.20. The van der Waals surface area contributed by atoms with Crippen LogP contribution >= 0.6 is 11.8 Å². The molecule has 78 valence electrons. The fourth-order valence-electron chi connectivity index (χ4n) is 1.39. The quantitative estimate of drug-likeness (QED) is 0.800. The minimum absolute atomic E-state index is 0.144. The highest BCUT2D eigenvalue weighted by Gasteiger charge is 2.28. The molecule has 15 heavy (non-hydrogen) atoms. The summed E-state index contributed by atoms with van der Waals surface area (Å²) in [6, 6.07) is 6.06. The third-order valence-corrected chi connectivity index (χ3v) is 3.13. The SMILES string of the molecule is N=C1NC(=O)C(Cc2ccc(F)cc2)S1. The Hall–Kier alpha value is -1.36. The first kappa shape index (κ1) is 10.2. The van der Waals surface area contributed by atoms with Crippen LogP contribution in [0.5, 0.6) is 0 Å². The van der Waals surface area contributed by atoms with Gasteiger partial charge in [-0.15, -0.1) is 0 Å². The number of benzene rings is 1. The predicted octanol–water partition coefficient (Wildman–Crippen LogP) is 1.53. The lowest BCUT2D eigenvalue weighted by atomic mass is 10.1. The number of thioether (sulfide) groups is 1. The van der Waals surface area contributed by atoms with E-state index in [4.69, 9.17) is 5.41 Å². The smallest absolute Gasteiger partial charge is 0.239 e. The zero-order chi connectivity index (χ0) is 10.8. The monoisotopic (exact) mass is 224 g/mol. The van der Waals surface area contributed by atoms with Gasteiger partial charge in [-0.25, -0.2) is 4.39 Å². The van der Waals surface area contributed by atoms with E-state index in [2.05, 4.69) is 5.32 Å². The van der Waals surface area contributed by atoms with Gasteiger partial charge < -0.3 is 5.32 Å². The maximum Gasteiger partial charge on any atom is 0.239 e. The summed E-state index contributed by atoms with van der Waals surface area (Å²) in [7, 11) is 0. The number of carbonyl (C=O) groups is 1. The van der Waals surface area contributed by atoms with Gasteiger partial charge in [0, 0.05) is 0 Å². The molecule has 1 aromatic rings. The molecule has 3 nitrogen and oxygen atoms in total. The van der Waals surface area contributed by atoms with Crippen LogP contribution in [0.3, 0.4) is 0 Å². The molecule has 1 aliphatic rings. The first-order valence-electron chi connectivity index (χ1n) is 4.45. The Morgan fingerprint density at radius 1 is 1.40 bits per heavy atom. The van der Waals surface area contributed by atoms with Crippen LogP contribution in [0, 0.1) is 11.2 Å². The van der Waals surface area contributed by atoms with Crippen molar-refractivity contribution in [2.24, 2.45) is 0 Å². The summed E-state index contributed by atoms with van der Waals surface area (Å²) in [6.07, 6.45) is 0.527. The number of hydrogen-bond acceptors (Lipinski definition) is 3. The van der Waals surface area contributed by atoms with Crippen molar-refractivity contribution in [3.05, 3.63) is 35.6 Å². The minimum atomic E-state index is -0.282. The average Bonchev–Trinajstić information content (AvgIpc) is 2.49. The van der Waals surface area contributed by atoms with Gasteiger partial charge in [0.15, 0.2) is 5.17 Å². The van der Waals surface area contributed by atoms with Crippen molar-refractivity contribution in [1.82, 2.24) is 5.32 Å². The molecule has 1 fully saturated rings. The third kappa shape index (κ3) is 2.36. The number of nitrogens with one attached hydrogen (secondary N) is 2. The van der Waals surface area contributed by atoms with Crippen LogP contribution in [0.2, 0.25) is 0 Å². The lowest BCUT2D eigenvalue weighted by Crippen LogP contribution is -2.25. The van der Waals surface area contributed by atoms with Crippen molar-refractivity contribution < 1.29 is 9.18 Å². The van der Waals surface area contributed by atoms with Crippen molar-refractivity contribution >= 4 is 22.8 Å². The number of carbonyl (C=O) groups excluding carboxylic acids is 1. The Morgan fingerprint density at radius 3 is 2.60 bits per heavy atom. The zero-order valence-corrected chi connectivity index (χ0v) is 8.60. The van der Waals surface area contributed by atoms with Gasteiger partial charge in [-0.05, 0) is 24.1 Å². The van der Waals surface area contributed by atoms with Gasteiger partial charge in [-0.2, -0.15) is 0 Å². The van der Waals surface area contributed by atoms with Crippen molar-refractivity contribution in [3.8, 4) is 0 Å². The molecular formula is C10H9FN2OS. The molecule has 0 radical (unpaired) electrons. The third-order valence-electron chi connectivity index (χ3n) is 2.12. The molecule has 0 spiro atoms. The Kier molecular flexibility index (Phi) is 2.73. The summed E-state index contributed by atoms with van der Waals surface area (Å²) in [4.78, 5) is 11.3. The average molecular weight is 224 g/mol. The van der Waals surface area contributed by atoms with E-state index in [1.54, 1.807) is 12.1 Å². The largest absolute Gasteiger partial charge is 0.305 e. The van der Waals surface area contributed by atoms with Crippen molar-refractivity contribution in [2.75, 3.05) is 0 Å². The second-order valence-corrected chi connectivity index (χ2v) is 4.47. The van der Waals surface area contributed by atoms with Crippen LogP contribution in [0.25, 0.3) is 0 Å². The molecule has 1 heterocycles. The van der Waals surface area contributed by atoms with E-state index in [0.717, 1.165) is 5.56 Å². The molecule has 1 unspecified atom stereocenters. The molecule has 0 bridgehead atoms. The van der Waals surface area contributed by atoms with E-state index in [1.807, 2.05) is 0 Å². The van der Waals surface area contributed by atoms with Crippen molar-refractivity contribution in [1.29, 1.82) is 5.41 Å². The maximum absolute atomic E-state index is 12.6. The first-order valence-corrected chi connectivity index (χ1v) is 5.33. The van der Waals surface area contributed by atoms with E-state index in [1.165, 1.54) is 23.9 Å². The molecule has 1 aliphatic heterocycles. The van der Waals surface area contributed by atoms with Crippen molar-refractivity contribution in [3.63, 3.8) is 0 Å². The Morgan fingerprint density at radius 2 is 2.07 bits per heavy atom. The molecule has 1 aromatic carbocycles. The molecule has 1 amide bonds. The van der Waals surface area contributed by atoms with Crippen molar-refractivity contribution in [2.45, 2.75) is 11.7 Å². The van der Waals surface area contributed by atoms with E-state index in [0.29, 0.717) is 6.42 Å². The molecule has 1 atom stereocenters. The summed E-state index contributed by atoms with van der Waals surface area (Å²) < 4.78 is 12.6. The van der Waals surface area contributed by atoms with Crippen LogP contribution in [-0.2, 0) is 11.2 Å². The second kappa shape index (κ2) is 4.02. The number of amides is 1. The van der Waals surface area contributed by atoms with Crippen LogP contribution in [0.15, 0.2) is 24.3 Å². The maximum atomic E-state index is 12.6. The molecule has 0 aromatic heterocycles. The number of hydrogen-bond donors (Lipinski definition) is 2. The van der Waals surface area contributed by atoms with Gasteiger partial charge in [0.25, 0.3) is 0 Å². The standard InChI is InChI=1S/C10H9FN2OS/c11-7-3-1-6(2-4-7)5-8-9(14)13-10(12)15-8/h1-4,8H,5H2,(H2,12,13,14). The van der Waals surface area contributed by atoms with E-state index < -0.39 is 0 Å². The molecule has 1 saturated heterocycles. The van der Waals surface area contributed by atoms with Crippen LogP contribution < -0.4 is 5.32 Å². The number of amidine groups is 1. The summed E-state index contributed by atoms with van der Waals surface area (Å²) in [5.74, 6) is -0.427. The van der Waals surface area contributed by atoms with Gasteiger partial charge in [-0.1, -0.05) is 23.9 Å². The second-order valence-electron chi connectivity index (χ2n) is 3.26. The Balaban J connectivity index is 2.06. The predicted molar refractivity (Wildman–Crippen MR) is 57.4 cm³/mol. The van der Waals surface area contributed by atoms with E-state index in [-0.39, 0.29) is 22.1 Å². The van der Waals surface area contributed by atoms with Gasteiger partial charge in [-0.3, -0.25) is 10.2 Å². The topological polar surface area (TPSA) is 53.0 Å². The molecular weight excluding hydrogens is 215 g/mol. The highest BCUT2D eigenvalue weighted by molar-refractivity contribution is 8.15. The molecule has 0 aliphatic carbocycles. The van der Waals surface area contributed by atoms with Gasteiger partial charge in [0.05, 0.1) is 5.25 Å². The van der Waals surface area contributed by atoms with Gasteiger partial charge >= 0.3 is 0 Å². The normalized spacial score (nSPS) is 20.5.